The van der Waals surface area contributed by atoms with Gasteiger partial charge in [0.05, 0.1) is 6.10 Å². The molecule has 0 fully saturated rings. The van der Waals surface area contributed by atoms with Gasteiger partial charge in [0.15, 0.2) is 0 Å². The van der Waals surface area contributed by atoms with Gasteiger partial charge in [-0.2, -0.15) is 0 Å². The van der Waals surface area contributed by atoms with E-state index in [4.69, 9.17) is 22.1 Å². The van der Waals surface area contributed by atoms with Crippen LogP contribution in [0.2, 0.25) is 5.02 Å². The maximum Gasteiger partial charge on any atom is 0.108 e. The van der Waals surface area contributed by atoms with Gasteiger partial charge in [-0.15, -0.1) is 0 Å². The van der Waals surface area contributed by atoms with Crippen molar-refractivity contribution in [2.45, 2.75) is 12.2 Å². The minimum atomic E-state index is -0.197. The highest BCUT2D eigenvalue weighted by molar-refractivity contribution is 6.30. The zero-order valence-corrected chi connectivity index (χ0v) is 14.1. The van der Waals surface area contributed by atoms with E-state index in [0.29, 0.717) is 11.6 Å². The van der Waals surface area contributed by atoms with Crippen LogP contribution in [0.3, 0.4) is 0 Å². The zero-order valence-electron chi connectivity index (χ0n) is 13.3. The molecule has 0 unspecified atom stereocenters. The smallest absolute Gasteiger partial charge is 0.108 e. The molecule has 0 spiro atoms. The summed E-state index contributed by atoms with van der Waals surface area (Å²) in [5.41, 5.74) is 9.21. The molecule has 0 aliphatic rings. The van der Waals surface area contributed by atoms with Crippen LogP contribution < -0.4 is 5.73 Å². The van der Waals surface area contributed by atoms with Gasteiger partial charge >= 0.3 is 0 Å². The fraction of sp³-hybridized carbons (Fsp3) is 0.143. The van der Waals surface area contributed by atoms with Crippen molar-refractivity contribution in [3.63, 3.8) is 0 Å². The Morgan fingerprint density at radius 3 is 1.75 bits per heavy atom. The molecular formula is C21H20ClNO. The van der Waals surface area contributed by atoms with Crippen LogP contribution in [0.25, 0.3) is 0 Å². The number of ether oxygens (including phenoxy) is 1. The number of hydrogen-bond acceptors (Lipinski definition) is 2. The summed E-state index contributed by atoms with van der Waals surface area (Å²) < 4.78 is 6.43. The molecule has 3 aromatic rings. The molecule has 24 heavy (non-hydrogen) atoms. The van der Waals surface area contributed by atoms with E-state index in [1.54, 1.807) is 0 Å². The van der Waals surface area contributed by atoms with Crippen molar-refractivity contribution in [2.24, 2.45) is 5.73 Å². The first-order valence-corrected chi connectivity index (χ1v) is 8.36. The van der Waals surface area contributed by atoms with Crippen molar-refractivity contribution >= 4 is 11.6 Å². The van der Waals surface area contributed by atoms with E-state index >= 15 is 0 Å². The average molecular weight is 338 g/mol. The largest absolute Gasteiger partial charge is 0.360 e. The molecule has 0 amide bonds. The molecule has 0 aliphatic heterocycles. The van der Waals surface area contributed by atoms with Crippen molar-refractivity contribution in [1.29, 1.82) is 0 Å². The summed E-state index contributed by atoms with van der Waals surface area (Å²) >= 11 is 6.03. The van der Waals surface area contributed by atoms with Crippen LogP contribution in [0.4, 0.5) is 0 Å². The normalized spacial score (nSPS) is 13.4. The molecule has 3 rings (SSSR count). The van der Waals surface area contributed by atoms with E-state index in [1.165, 1.54) is 0 Å². The van der Waals surface area contributed by atoms with E-state index in [0.717, 1.165) is 16.7 Å². The van der Waals surface area contributed by atoms with Crippen molar-refractivity contribution in [3.05, 3.63) is 107 Å². The van der Waals surface area contributed by atoms with Crippen LogP contribution in [0.1, 0.15) is 28.9 Å². The summed E-state index contributed by atoms with van der Waals surface area (Å²) in [6, 6.07) is 28.0. The van der Waals surface area contributed by atoms with Gasteiger partial charge in [-0.1, -0.05) is 84.4 Å². The molecule has 0 saturated heterocycles. The Bertz CT molecular complexity index is 744. The zero-order chi connectivity index (χ0) is 16.8. The Morgan fingerprint density at radius 1 is 0.708 bits per heavy atom. The minimum absolute atomic E-state index is 0.174. The van der Waals surface area contributed by atoms with Crippen molar-refractivity contribution in [1.82, 2.24) is 0 Å². The summed E-state index contributed by atoms with van der Waals surface area (Å²) in [5, 5.41) is 0.712. The molecule has 3 aromatic carbocycles. The van der Waals surface area contributed by atoms with Gasteiger partial charge in [-0.3, -0.25) is 0 Å². The van der Waals surface area contributed by atoms with Crippen molar-refractivity contribution < 1.29 is 4.74 Å². The third-order valence-electron chi connectivity index (χ3n) is 3.96. The molecule has 3 heteroatoms. The molecule has 0 heterocycles. The van der Waals surface area contributed by atoms with Gasteiger partial charge in [0.2, 0.25) is 0 Å². The Hall–Kier alpha value is -2.13. The summed E-state index contributed by atoms with van der Waals surface area (Å²) in [6.45, 7) is 0.418. The van der Waals surface area contributed by atoms with E-state index in [1.807, 2.05) is 72.8 Å². The SMILES string of the molecule is NC[C@@H](O[C@@H](c1ccccc1)c1ccc(Cl)cc1)c1ccccc1. The molecule has 2 N–H and O–H groups in total. The quantitative estimate of drug-likeness (QED) is 0.675. The molecular weight excluding hydrogens is 318 g/mol. The van der Waals surface area contributed by atoms with Crippen molar-refractivity contribution in [3.8, 4) is 0 Å². The van der Waals surface area contributed by atoms with Crippen LogP contribution in [0.5, 0.6) is 0 Å². The van der Waals surface area contributed by atoms with Crippen LogP contribution in [-0.4, -0.2) is 6.54 Å². The highest BCUT2D eigenvalue weighted by atomic mass is 35.5. The molecule has 122 valence electrons. The number of nitrogens with two attached hydrogens (primary N) is 1. The Balaban J connectivity index is 1.94. The number of benzene rings is 3. The third-order valence-corrected chi connectivity index (χ3v) is 4.21. The van der Waals surface area contributed by atoms with Gasteiger partial charge in [0.25, 0.3) is 0 Å². The maximum atomic E-state index is 6.43. The lowest BCUT2D eigenvalue weighted by atomic mass is 10.0. The molecule has 0 saturated carbocycles. The van der Waals surface area contributed by atoms with Crippen LogP contribution >= 0.6 is 11.6 Å². The van der Waals surface area contributed by atoms with Gasteiger partial charge in [-0.05, 0) is 28.8 Å². The second kappa shape index (κ2) is 8.11. The minimum Gasteiger partial charge on any atom is -0.360 e. The van der Waals surface area contributed by atoms with Gasteiger partial charge in [-0.25, -0.2) is 0 Å². The van der Waals surface area contributed by atoms with E-state index < -0.39 is 0 Å². The monoisotopic (exact) mass is 337 g/mol. The average Bonchev–Trinajstić information content (AvgIpc) is 2.65. The summed E-state index contributed by atoms with van der Waals surface area (Å²) in [4.78, 5) is 0. The third kappa shape index (κ3) is 4.04. The topological polar surface area (TPSA) is 35.2 Å². The first-order chi connectivity index (χ1) is 11.8. The van der Waals surface area contributed by atoms with Crippen LogP contribution in [0.15, 0.2) is 84.9 Å². The molecule has 2 nitrogen and oxygen atoms in total. The lowest BCUT2D eigenvalue weighted by Gasteiger charge is -2.25. The van der Waals surface area contributed by atoms with E-state index in [9.17, 15) is 0 Å². The highest BCUT2D eigenvalue weighted by Crippen LogP contribution is 2.32. The molecule has 0 aliphatic carbocycles. The van der Waals surface area contributed by atoms with E-state index in [-0.39, 0.29) is 12.2 Å². The fourth-order valence-electron chi connectivity index (χ4n) is 2.72. The number of rotatable bonds is 6. The molecule has 0 bridgehead atoms. The molecule has 0 aromatic heterocycles. The second-order valence-electron chi connectivity index (χ2n) is 5.61. The fourth-order valence-corrected chi connectivity index (χ4v) is 2.84. The predicted molar refractivity (Wildman–Crippen MR) is 99.1 cm³/mol. The summed E-state index contributed by atoms with van der Waals surface area (Å²) in [7, 11) is 0. The Kier molecular flexibility index (Phi) is 5.65. The standard InChI is InChI=1S/C21H20ClNO/c22-19-13-11-18(12-14-19)21(17-9-5-2-6-10-17)24-20(15-23)16-7-3-1-4-8-16/h1-14,20-21H,15,23H2/t20-,21+/m1/s1. The van der Waals surface area contributed by atoms with Crippen LogP contribution in [0, 0.1) is 0 Å². The number of hydrogen-bond donors (Lipinski definition) is 1. The van der Waals surface area contributed by atoms with E-state index in [2.05, 4.69) is 12.1 Å². The van der Waals surface area contributed by atoms with Gasteiger partial charge in [0, 0.05) is 11.6 Å². The summed E-state index contributed by atoms with van der Waals surface area (Å²) in [5.74, 6) is 0. The van der Waals surface area contributed by atoms with Crippen molar-refractivity contribution in [2.75, 3.05) is 6.54 Å². The Labute approximate surface area is 147 Å². The maximum absolute atomic E-state index is 6.43. The lowest BCUT2D eigenvalue weighted by Crippen LogP contribution is -2.19. The number of halogens is 1. The lowest BCUT2D eigenvalue weighted by molar-refractivity contribution is 0.0122. The molecule has 2 atom stereocenters. The predicted octanol–water partition coefficient (Wildman–Crippen LogP) is 5.15. The van der Waals surface area contributed by atoms with Gasteiger partial charge < -0.3 is 10.5 Å². The molecule has 0 radical (unpaired) electrons. The Morgan fingerprint density at radius 2 is 1.21 bits per heavy atom. The van der Waals surface area contributed by atoms with Crippen LogP contribution in [-0.2, 0) is 4.74 Å². The second-order valence-corrected chi connectivity index (χ2v) is 6.05. The first kappa shape index (κ1) is 16.7. The first-order valence-electron chi connectivity index (χ1n) is 7.99. The van der Waals surface area contributed by atoms with Gasteiger partial charge in [0.1, 0.15) is 6.10 Å². The highest BCUT2D eigenvalue weighted by Gasteiger charge is 2.20. The summed E-state index contributed by atoms with van der Waals surface area (Å²) in [6.07, 6.45) is -0.371.